The smallest absolute Gasteiger partial charge is 0.227 e. The van der Waals surface area contributed by atoms with Crippen molar-refractivity contribution < 1.29 is 9.59 Å². The zero-order chi connectivity index (χ0) is 16.9. The number of hydrogen-bond acceptors (Lipinski definition) is 4. The number of pyridine rings is 1. The number of nitrogens with zero attached hydrogens (tertiary/aromatic N) is 3. The Morgan fingerprint density at radius 3 is 2.96 bits per heavy atom. The van der Waals surface area contributed by atoms with Crippen LogP contribution in [0.3, 0.4) is 0 Å². The number of carbonyl (C=O) groups is 2. The van der Waals surface area contributed by atoms with Crippen molar-refractivity contribution in [1.82, 2.24) is 20.1 Å². The molecule has 2 saturated heterocycles. The molecule has 0 aromatic carbocycles. The van der Waals surface area contributed by atoms with E-state index in [4.69, 9.17) is 11.6 Å². The van der Waals surface area contributed by atoms with Gasteiger partial charge in [-0.2, -0.15) is 0 Å². The summed E-state index contributed by atoms with van der Waals surface area (Å²) in [4.78, 5) is 32.2. The summed E-state index contributed by atoms with van der Waals surface area (Å²) in [5.74, 6) is 0.165. The average Bonchev–Trinajstić information content (AvgIpc) is 2.83. The third kappa shape index (κ3) is 4.24. The van der Waals surface area contributed by atoms with Crippen LogP contribution in [0.5, 0.6) is 0 Å². The van der Waals surface area contributed by atoms with Crippen LogP contribution >= 0.6 is 11.6 Å². The molecule has 3 rings (SSSR count). The molecule has 1 unspecified atom stereocenters. The van der Waals surface area contributed by atoms with E-state index in [9.17, 15) is 9.59 Å². The van der Waals surface area contributed by atoms with Gasteiger partial charge in [0.05, 0.1) is 10.9 Å². The number of amides is 2. The summed E-state index contributed by atoms with van der Waals surface area (Å²) >= 11 is 6.19. The van der Waals surface area contributed by atoms with Gasteiger partial charge < -0.3 is 10.2 Å². The van der Waals surface area contributed by atoms with Crippen molar-refractivity contribution in [2.24, 2.45) is 5.92 Å². The Hall–Kier alpha value is -1.66. The highest BCUT2D eigenvalue weighted by molar-refractivity contribution is 6.31. The lowest BCUT2D eigenvalue weighted by molar-refractivity contribution is -0.137. The highest BCUT2D eigenvalue weighted by Gasteiger charge is 2.29. The molecule has 0 saturated carbocycles. The fourth-order valence-corrected chi connectivity index (χ4v) is 3.50. The molecule has 1 aromatic heterocycles. The number of carbonyl (C=O) groups excluding carboxylic acids is 2. The molecule has 130 valence electrons. The van der Waals surface area contributed by atoms with Crippen LogP contribution in [-0.2, 0) is 16.1 Å². The van der Waals surface area contributed by atoms with Gasteiger partial charge in [0.15, 0.2) is 0 Å². The molecule has 1 aromatic rings. The average molecular weight is 351 g/mol. The fourth-order valence-electron chi connectivity index (χ4n) is 3.32. The van der Waals surface area contributed by atoms with Crippen LogP contribution in [-0.4, -0.2) is 59.3 Å². The summed E-state index contributed by atoms with van der Waals surface area (Å²) < 4.78 is 0. The summed E-state index contributed by atoms with van der Waals surface area (Å²) in [6.45, 7) is 4.55. The van der Waals surface area contributed by atoms with E-state index in [1.807, 2.05) is 11.0 Å². The lowest BCUT2D eigenvalue weighted by Crippen LogP contribution is -2.45. The minimum absolute atomic E-state index is 0.0512. The quantitative estimate of drug-likeness (QED) is 0.892. The molecule has 3 heterocycles. The van der Waals surface area contributed by atoms with Crippen molar-refractivity contribution in [2.45, 2.75) is 25.8 Å². The van der Waals surface area contributed by atoms with Gasteiger partial charge in [0.1, 0.15) is 0 Å². The third-order valence-corrected chi connectivity index (χ3v) is 5.11. The molecule has 24 heavy (non-hydrogen) atoms. The molecule has 2 fully saturated rings. The molecule has 0 bridgehead atoms. The van der Waals surface area contributed by atoms with Gasteiger partial charge in [-0.05, 0) is 24.5 Å². The van der Waals surface area contributed by atoms with Gasteiger partial charge in [-0.3, -0.25) is 19.5 Å². The van der Waals surface area contributed by atoms with Crippen LogP contribution in [0.2, 0.25) is 5.02 Å². The molecule has 0 spiro atoms. The maximum absolute atomic E-state index is 12.7. The molecule has 7 heteroatoms. The minimum Gasteiger partial charge on any atom is -0.355 e. The maximum atomic E-state index is 12.7. The van der Waals surface area contributed by atoms with E-state index < -0.39 is 0 Å². The number of rotatable bonds is 3. The Kier molecular flexibility index (Phi) is 5.68. The van der Waals surface area contributed by atoms with Crippen LogP contribution in [0.15, 0.2) is 18.5 Å². The van der Waals surface area contributed by atoms with Gasteiger partial charge in [0, 0.05) is 58.1 Å². The van der Waals surface area contributed by atoms with Crippen molar-refractivity contribution in [3.05, 3.63) is 29.0 Å². The molecule has 2 aliphatic rings. The summed E-state index contributed by atoms with van der Waals surface area (Å²) in [6, 6.07) is 1.95. The van der Waals surface area contributed by atoms with Crippen LogP contribution in [0, 0.1) is 5.92 Å². The minimum atomic E-state index is -0.0658. The van der Waals surface area contributed by atoms with E-state index in [2.05, 4.69) is 15.2 Å². The van der Waals surface area contributed by atoms with Crippen molar-refractivity contribution >= 4 is 23.4 Å². The summed E-state index contributed by atoms with van der Waals surface area (Å²) in [6.07, 6.45) is 5.50. The van der Waals surface area contributed by atoms with Gasteiger partial charge in [0.2, 0.25) is 11.8 Å². The monoisotopic (exact) mass is 350 g/mol. The predicted octanol–water partition coefficient (Wildman–Crippen LogP) is 1.30. The number of hydrogen-bond donors (Lipinski definition) is 1. The molecular formula is C17H23ClN4O2. The Balaban J connectivity index is 1.54. The number of aromatic nitrogens is 1. The Morgan fingerprint density at radius 1 is 1.33 bits per heavy atom. The van der Waals surface area contributed by atoms with Gasteiger partial charge in [-0.15, -0.1) is 0 Å². The van der Waals surface area contributed by atoms with Gasteiger partial charge in [-0.25, -0.2) is 0 Å². The third-order valence-electron chi connectivity index (χ3n) is 4.77. The van der Waals surface area contributed by atoms with Crippen LogP contribution in [0.4, 0.5) is 0 Å². The molecule has 0 aliphatic carbocycles. The zero-order valence-corrected chi connectivity index (χ0v) is 14.5. The van der Waals surface area contributed by atoms with E-state index >= 15 is 0 Å². The van der Waals surface area contributed by atoms with Crippen molar-refractivity contribution in [3.8, 4) is 0 Å². The molecule has 2 aliphatic heterocycles. The van der Waals surface area contributed by atoms with E-state index in [1.54, 1.807) is 12.4 Å². The molecule has 6 nitrogen and oxygen atoms in total. The molecular weight excluding hydrogens is 328 g/mol. The predicted molar refractivity (Wildman–Crippen MR) is 91.5 cm³/mol. The van der Waals surface area contributed by atoms with Crippen molar-refractivity contribution in [2.75, 3.05) is 32.7 Å². The largest absolute Gasteiger partial charge is 0.355 e. The standard InChI is InChI=1S/C17H23ClN4O2/c18-15-11-19-5-4-14(15)12-21-6-1-7-22(9-8-21)17(24)13-2-3-16(23)20-10-13/h4-5,11,13H,1-3,6-10,12H2,(H,20,23). The van der Waals surface area contributed by atoms with E-state index in [0.717, 1.165) is 44.7 Å². The normalized spacial score (nSPS) is 22.8. The first-order valence-corrected chi connectivity index (χ1v) is 8.87. The number of piperidine rings is 1. The first-order valence-electron chi connectivity index (χ1n) is 8.49. The topological polar surface area (TPSA) is 65.5 Å². The van der Waals surface area contributed by atoms with E-state index in [-0.39, 0.29) is 17.7 Å². The summed E-state index contributed by atoms with van der Waals surface area (Å²) in [5, 5.41) is 3.49. The van der Waals surface area contributed by atoms with Gasteiger partial charge in [-0.1, -0.05) is 11.6 Å². The molecule has 0 radical (unpaired) electrons. The fraction of sp³-hybridized carbons (Fsp3) is 0.588. The Morgan fingerprint density at radius 2 is 2.21 bits per heavy atom. The second kappa shape index (κ2) is 7.94. The van der Waals surface area contributed by atoms with Crippen LogP contribution in [0.25, 0.3) is 0 Å². The van der Waals surface area contributed by atoms with E-state index in [1.165, 1.54) is 0 Å². The molecule has 2 amide bonds. The zero-order valence-electron chi connectivity index (χ0n) is 13.7. The molecule has 1 N–H and O–H groups in total. The van der Waals surface area contributed by atoms with Crippen molar-refractivity contribution in [3.63, 3.8) is 0 Å². The Bertz CT molecular complexity index is 600. The summed E-state index contributed by atoms with van der Waals surface area (Å²) in [7, 11) is 0. The first kappa shape index (κ1) is 17.2. The first-order chi connectivity index (χ1) is 11.6. The van der Waals surface area contributed by atoms with Crippen molar-refractivity contribution in [1.29, 1.82) is 0 Å². The number of nitrogens with one attached hydrogen (secondary N) is 1. The van der Waals surface area contributed by atoms with Gasteiger partial charge in [0.25, 0.3) is 0 Å². The van der Waals surface area contributed by atoms with E-state index in [0.29, 0.717) is 24.4 Å². The second-order valence-electron chi connectivity index (χ2n) is 6.46. The molecule has 1 atom stereocenters. The SMILES string of the molecule is O=C1CCC(C(=O)N2CCCN(Cc3ccncc3Cl)CC2)CN1. The van der Waals surface area contributed by atoms with Crippen LogP contribution < -0.4 is 5.32 Å². The lowest BCUT2D eigenvalue weighted by Gasteiger charge is -2.28. The maximum Gasteiger partial charge on any atom is 0.227 e. The number of halogens is 1. The highest BCUT2D eigenvalue weighted by Crippen LogP contribution is 2.19. The lowest BCUT2D eigenvalue weighted by atomic mass is 9.97. The Labute approximate surface area is 147 Å². The van der Waals surface area contributed by atoms with Crippen LogP contribution in [0.1, 0.15) is 24.8 Å². The summed E-state index contributed by atoms with van der Waals surface area (Å²) in [5.41, 5.74) is 1.07. The highest BCUT2D eigenvalue weighted by atomic mass is 35.5. The second-order valence-corrected chi connectivity index (χ2v) is 6.87. The van der Waals surface area contributed by atoms with Gasteiger partial charge >= 0.3 is 0 Å².